The molecule has 0 fully saturated rings. The van der Waals surface area contributed by atoms with Gasteiger partial charge in [-0.25, -0.2) is 4.79 Å². The number of anilines is 1. The second-order valence-corrected chi connectivity index (χ2v) is 3.94. The summed E-state index contributed by atoms with van der Waals surface area (Å²) in [6.07, 6.45) is 0.723. The Balaban J connectivity index is 2.14. The summed E-state index contributed by atoms with van der Waals surface area (Å²) in [6.45, 7) is 3.42. The van der Waals surface area contributed by atoms with Gasteiger partial charge in [0.15, 0.2) is 0 Å². The molecule has 0 saturated heterocycles. The van der Waals surface area contributed by atoms with Crippen molar-refractivity contribution >= 4 is 11.7 Å². The third-order valence-electron chi connectivity index (χ3n) is 2.26. The number of hydrogen-bond donors (Lipinski definition) is 3. The van der Waals surface area contributed by atoms with Gasteiger partial charge in [0.05, 0.1) is 13.2 Å². The topological polar surface area (TPSA) is 70.6 Å². The Morgan fingerprint density at radius 2 is 2.22 bits per heavy atom. The number of ether oxygens (including phenoxy) is 1. The third-order valence-corrected chi connectivity index (χ3v) is 2.26. The lowest BCUT2D eigenvalue weighted by Crippen LogP contribution is -2.30. The molecule has 0 spiro atoms. The minimum Gasteiger partial charge on any atom is -0.394 e. The van der Waals surface area contributed by atoms with Crippen molar-refractivity contribution in [3.63, 3.8) is 0 Å². The van der Waals surface area contributed by atoms with Crippen LogP contribution in [-0.2, 0) is 4.74 Å². The van der Waals surface area contributed by atoms with Gasteiger partial charge in [-0.2, -0.15) is 0 Å². The Labute approximate surface area is 107 Å². The predicted molar refractivity (Wildman–Crippen MR) is 70.7 cm³/mol. The molecule has 2 amide bonds. The number of aliphatic hydroxyl groups is 1. The van der Waals surface area contributed by atoms with Gasteiger partial charge in [0.25, 0.3) is 0 Å². The number of nitrogens with one attached hydrogen (secondary N) is 2. The lowest BCUT2D eigenvalue weighted by atomic mass is 10.2. The van der Waals surface area contributed by atoms with Crippen molar-refractivity contribution in [3.8, 4) is 0 Å². The van der Waals surface area contributed by atoms with E-state index in [2.05, 4.69) is 10.6 Å². The molecule has 0 heterocycles. The van der Waals surface area contributed by atoms with Crippen LogP contribution in [0.3, 0.4) is 0 Å². The summed E-state index contributed by atoms with van der Waals surface area (Å²) < 4.78 is 5.08. The van der Waals surface area contributed by atoms with Crippen LogP contribution in [0, 0.1) is 6.92 Å². The van der Waals surface area contributed by atoms with Crippen LogP contribution in [0.5, 0.6) is 0 Å². The van der Waals surface area contributed by atoms with E-state index in [1.807, 2.05) is 31.2 Å². The summed E-state index contributed by atoms with van der Waals surface area (Å²) in [5, 5.41) is 14.0. The summed E-state index contributed by atoms with van der Waals surface area (Å²) in [5.74, 6) is 0. The van der Waals surface area contributed by atoms with Gasteiger partial charge in [-0.15, -0.1) is 0 Å². The number of carbonyl (C=O) groups is 1. The Hall–Kier alpha value is -1.59. The van der Waals surface area contributed by atoms with E-state index in [4.69, 9.17) is 9.84 Å². The third kappa shape index (κ3) is 6.22. The van der Waals surface area contributed by atoms with Gasteiger partial charge in [0, 0.05) is 18.8 Å². The van der Waals surface area contributed by atoms with Crippen LogP contribution in [0.25, 0.3) is 0 Å². The second kappa shape index (κ2) is 8.49. The van der Waals surface area contributed by atoms with Gasteiger partial charge in [0.1, 0.15) is 0 Å². The Morgan fingerprint density at radius 1 is 1.39 bits per heavy atom. The largest absolute Gasteiger partial charge is 0.394 e. The highest BCUT2D eigenvalue weighted by molar-refractivity contribution is 5.89. The van der Waals surface area contributed by atoms with E-state index in [0.717, 1.165) is 17.7 Å². The van der Waals surface area contributed by atoms with Gasteiger partial charge in [-0.05, 0) is 31.0 Å². The second-order valence-electron chi connectivity index (χ2n) is 3.94. The maximum absolute atomic E-state index is 11.5. The van der Waals surface area contributed by atoms with Crippen LogP contribution in [0.2, 0.25) is 0 Å². The zero-order valence-corrected chi connectivity index (χ0v) is 10.6. The molecule has 0 radical (unpaired) electrons. The molecule has 5 heteroatoms. The number of benzene rings is 1. The van der Waals surface area contributed by atoms with Crippen LogP contribution in [-0.4, -0.2) is 37.5 Å². The van der Waals surface area contributed by atoms with E-state index in [1.54, 1.807) is 0 Å². The number of hydrogen-bond acceptors (Lipinski definition) is 3. The van der Waals surface area contributed by atoms with Crippen LogP contribution in [0.15, 0.2) is 24.3 Å². The van der Waals surface area contributed by atoms with E-state index in [9.17, 15) is 4.79 Å². The van der Waals surface area contributed by atoms with Crippen molar-refractivity contribution in [1.29, 1.82) is 0 Å². The molecule has 0 aliphatic rings. The van der Waals surface area contributed by atoms with Gasteiger partial charge >= 0.3 is 6.03 Å². The number of urea groups is 1. The molecule has 100 valence electrons. The van der Waals surface area contributed by atoms with E-state index < -0.39 is 0 Å². The molecular weight excluding hydrogens is 232 g/mol. The molecular formula is C13H20N2O3. The van der Waals surface area contributed by atoms with Gasteiger partial charge < -0.3 is 20.5 Å². The molecule has 5 nitrogen and oxygen atoms in total. The lowest BCUT2D eigenvalue weighted by Gasteiger charge is -2.08. The number of rotatable bonds is 7. The minimum absolute atomic E-state index is 0.0290. The molecule has 0 aliphatic heterocycles. The normalized spacial score (nSPS) is 10.1. The smallest absolute Gasteiger partial charge is 0.319 e. The highest BCUT2D eigenvalue weighted by Crippen LogP contribution is 2.08. The number of aliphatic hydroxyl groups excluding tert-OH is 1. The molecule has 0 aliphatic carbocycles. The molecule has 0 unspecified atom stereocenters. The van der Waals surface area contributed by atoms with Crippen molar-refractivity contribution in [3.05, 3.63) is 29.8 Å². The van der Waals surface area contributed by atoms with Crippen LogP contribution in [0.1, 0.15) is 12.0 Å². The average Bonchev–Trinajstić information content (AvgIpc) is 2.33. The standard InChI is InChI=1S/C13H20N2O3/c1-11-4-2-5-12(10-11)15-13(17)14-6-3-8-18-9-7-16/h2,4-5,10,16H,3,6-9H2,1H3,(H2,14,15,17). The fourth-order valence-corrected chi connectivity index (χ4v) is 1.44. The predicted octanol–water partition coefficient (Wildman–Crippen LogP) is 1.52. The molecule has 1 aromatic rings. The van der Waals surface area contributed by atoms with E-state index >= 15 is 0 Å². The summed E-state index contributed by atoms with van der Waals surface area (Å²) in [7, 11) is 0. The minimum atomic E-state index is -0.220. The molecule has 18 heavy (non-hydrogen) atoms. The van der Waals surface area contributed by atoms with Crippen molar-refractivity contribution < 1.29 is 14.6 Å². The highest BCUT2D eigenvalue weighted by Gasteiger charge is 2.00. The zero-order valence-electron chi connectivity index (χ0n) is 10.6. The fraction of sp³-hybridized carbons (Fsp3) is 0.462. The summed E-state index contributed by atoms with van der Waals surface area (Å²) >= 11 is 0. The molecule has 0 aromatic heterocycles. The van der Waals surface area contributed by atoms with Crippen molar-refractivity contribution in [2.45, 2.75) is 13.3 Å². The monoisotopic (exact) mass is 252 g/mol. The molecule has 1 rings (SSSR count). The van der Waals surface area contributed by atoms with Crippen molar-refractivity contribution in [2.24, 2.45) is 0 Å². The Morgan fingerprint density at radius 3 is 2.94 bits per heavy atom. The molecule has 1 aromatic carbocycles. The fourth-order valence-electron chi connectivity index (χ4n) is 1.44. The zero-order chi connectivity index (χ0) is 13.2. The summed E-state index contributed by atoms with van der Waals surface area (Å²) in [6, 6.07) is 7.40. The molecule has 0 atom stereocenters. The molecule has 3 N–H and O–H groups in total. The first-order chi connectivity index (χ1) is 8.72. The SMILES string of the molecule is Cc1cccc(NC(=O)NCCCOCCO)c1. The maximum Gasteiger partial charge on any atom is 0.319 e. The molecule has 0 saturated carbocycles. The van der Waals surface area contributed by atoms with E-state index in [-0.39, 0.29) is 12.6 Å². The Bertz CT molecular complexity index is 369. The van der Waals surface area contributed by atoms with Crippen LogP contribution >= 0.6 is 0 Å². The quantitative estimate of drug-likeness (QED) is 0.644. The number of aryl methyl sites for hydroxylation is 1. The summed E-state index contributed by atoms with van der Waals surface area (Å²) in [4.78, 5) is 11.5. The van der Waals surface area contributed by atoms with E-state index in [0.29, 0.717) is 19.8 Å². The molecule has 0 bridgehead atoms. The van der Waals surface area contributed by atoms with Gasteiger partial charge in [0.2, 0.25) is 0 Å². The average molecular weight is 252 g/mol. The first kappa shape index (κ1) is 14.5. The number of carbonyl (C=O) groups excluding carboxylic acids is 1. The first-order valence-electron chi connectivity index (χ1n) is 6.02. The van der Waals surface area contributed by atoms with Gasteiger partial charge in [-0.1, -0.05) is 12.1 Å². The van der Waals surface area contributed by atoms with Crippen LogP contribution in [0.4, 0.5) is 10.5 Å². The highest BCUT2D eigenvalue weighted by atomic mass is 16.5. The maximum atomic E-state index is 11.5. The van der Waals surface area contributed by atoms with Crippen LogP contribution < -0.4 is 10.6 Å². The van der Waals surface area contributed by atoms with Crippen molar-refractivity contribution in [2.75, 3.05) is 31.7 Å². The lowest BCUT2D eigenvalue weighted by molar-refractivity contribution is 0.0910. The van der Waals surface area contributed by atoms with E-state index in [1.165, 1.54) is 0 Å². The number of amides is 2. The van der Waals surface area contributed by atoms with Crippen molar-refractivity contribution in [1.82, 2.24) is 5.32 Å². The van der Waals surface area contributed by atoms with Gasteiger partial charge in [-0.3, -0.25) is 0 Å². The first-order valence-corrected chi connectivity index (χ1v) is 6.02. The Kier molecular flexibility index (Phi) is 6.83. The summed E-state index contributed by atoms with van der Waals surface area (Å²) in [5.41, 5.74) is 1.88.